The maximum Gasteiger partial charge on any atom is 0.303 e. The molecule has 0 aromatic heterocycles. The summed E-state index contributed by atoms with van der Waals surface area (Å²) in [5, 5.41) is 8.63. The number of carbonyl (C=O) groups is 1. The number of carboxylic acid groups (broad SMARTS) is 1. The lowest BCUT2D eigenvalue weighted by atomic mass is 10.1. The lowest BCUT2D eigenvalue weighted by molar-refractivity contribution is -0.137. The molecule has 6 nitrogen and oxygen atoms in total. The molecule has 7 heteroatoms. The van der Waals surface area contributed by atoms with Crippen LogP contribution < -0.4 is 9.46 Å². The van der Waals surface area contributed by atoms with Crippen LogP contribution in [0.1, 0.15) is 18.9 Å². The second-order valence-corrected chi connectivity index (χ2v) is 6.45. The summed E-state index contributed by atoms with van der Waals surface area (Å²) in [6.45, 7) is 3.51. The van der Waals surface area contributed by atoms with Gasteiger partial charge in [-0.25, -0.2) is 13.1 Å². The van der Waals surface area contributed by atoms with Gasteiger partial charge in [-0.05, 0) is 36.6 Å². The lowest BCUT2D eigenvalue weighted by Gasteiger charge is -2.12. The van der Waals surface area contributed by atoms with Crippen molar-refractivity contribution in [3.63, 3.8) is 0 Å². The van der Waals surface area contributed by atoms with Crippen molar-refractivity contribution in [2.75, 3.05) is 13.7 Å². The first-order chi connectivity index (χ1) is 9.26. The summed E-state index contributed by atoms with van der Waals surface area (Å²) in [6, 6.07) is 4.56. The molecular weight excluding hydrogens is 282 g/mol. The number of aliphatic carboxylic acids is 1. The van der Waals surface area contributed by atoms with Gasteiger partial charge >= 0.3 is 5.97 Å². The third-order valence-electron chi connectivity index (χ3n) is 2.82. The maximum atomic E-state index is 12.1. The first kappa shape index (κ1) is 16.5. The molecule has 0 saturated carbocycles. The molecule has 0 fully saturated rings. The molecule has 1 unspecified atom stereocenters. The number of nitrogens with one attached hydrogen (secondary N) is 1. The van der Waals surface area contributed by atoms with Gasteiger partial charge < -0.3 is 9.84 Å². The van der Waals surface area contributed by atoms with Gasteiger partial charge in [-0.1, -0.05) is 6.92 Å². The van der Waals surface area contributed by atoms with Gasteiger partial charge in [0.2, 0.25) is 10.0 Å². The van der Waals surface area contributed by atoms with E-state index in [4.69, 9.17) is 9.84 Å². The minimum Gasteiger partial charge on any atom is -0.496 e. The van der Waals surface area contributed by atoms with Crippen molar-refractivity contribution < 1.29 is 23.1 Å². The number of methoxy groups -OCH3 is 1. The van der Waals surface area contributed by atoms with E-state index >= 15 is 0 Å². The van der Waals surface area contributed by atoms with Gasteiger partial charge in [0.25, 0.3) is 0 Å². The number of rotatable bonds is 7. The summed E-state index contributed by atoms with van der Waals surface area (Å²) < 4.78 is 31.6. The van der Waals surface area contributed by atoms with E-state index in [2.05, 4.69) is 4.72 Å². The highest BCUT2D eigenvalue weighted by molar-refractivity contribution is 7.89. The Balaban J connectivity index is 2.79. The zero-order valence-electron chi connectivity index (χ0n) is 11.7. The fourth-order valence-electron chi connectivity index (χ4n) is 1.72. The summed E-state index contributed by atoms with van der Waals surface area (Å²) >= 11 is 0. The predicted octanol–water partition coefficient (Wildman–Crippen LogP) is 1.39. The summed E-state index contributed by atoms with van der Waals surface area (Å²) in [6.07, 6.45) is -0.0792. The third kappa shape index (κ3) is 4.50. The molecule has 112 valence electrons. The molecule has 0 aliphatic carbocycles. The van der Waals surface area contributed by atoms with E-state index in [1.165, 1.54) is 19.2 Å². The highest BCUT2D eigenvalue weighted by Gasteiger charge is 2.17. The largest absolute Gasteiger partial charge is 0.496 e. The molecule has 0 heterocycles. The van der Waals surface area contributed by atoms with Gasteiger partial charge in [0, 0.05) is 13.0 Å². The maximum absolute atomic E-state index is 12.1. The Morgan fingerprint density at radius 3 is 2.60 bits per heavy atom. The van der Waals surface area contributed by atoms with E-state index in [0.29, 0.717) is 11.3 Å². The average molecular weight is 301 g/mol. The minimum atomic E-state index is -3.64. The van der Waals surface area contributed by atoms with Gasteiger partial charge in [-0.2, -0.15) is 0 Å². The smallest absolute Gasteiger partial charge is 0.303 e. The Morgan fingerprint density at radius 1 is 1.45 bits per heavy atom. The predicted molar refractivity (Wildman–Crippen MR) is 74.3 cm³/mol. The highest BCUT2D eigenvalue weighted by atomic mass is 32.2. The molecule has 1 aromatic carbocycles. The Bertz CT molecular complexity index is 582. The molecule has 0 aliphatic rings. The highest BCUT2D eigenvalue weighted by Crippen LogP contribution is 2.21. The topological polar surface area (TPSA) is 92.7 Å². The van der Waals surface area contributed by atoms with Gasteiger partial charge in [-0.3, -0.25) is 4.79 Å². The fraction of sp³-hybridized carbons (Fsp3) is 0.462. The van der Waals surface area contributed by atoms with E-state index < -0.39 is 16.0 Å². The normalized spacial score (nSPS) is 12.9. The second kappa shape index (κ2) is 6.71. The van der Waals surface area contributed by atoms with Crippen molar-refractivity contribution >= 4 is 16.0 Å². The molecule has 0 spiro atoms. The Kier molecular flexibility index (Phi) is 5.52. The molecule has 0 saturated heterocycles. The van der Waals surface area contributed by atoms with Gasteiger partial charge in [0.05, 0.1) is 12.0 Å². The quantitative estimate of drug-likeness (QED) is 0.794. The van der Waals surface area contributed by atoms with Crippen LogP contribution in [-0.2, 0) is 14.8 Å². The monoisotopic (exact) mass is 301 g/mol. The molecule has 1 atom stereocenters. The summed E-state index contributed by atoms with van der Waals surface area (Å²) in [5.74, 6) is -0.609. The zero-order chi connectivity index (χ0) is 15.3. The molecule has 1 rings (SSSR count). The fourth-order valence-corrected chi connectivity index (χ4v) is 2.97. The molecule has 2 N–H and O–H groups in total. The second-order valence-electron chi connectivity index (χ2n) is 4.69. The molecule has 20 heavy (non-hydrogen) atoms. The van der Waals surface area contributed by atoms with Crippen LogP contribution in [0.3, 0.4) is 0 Å². The van der Waals surface area contributed by atoms with Crippen LogP contribution in [0.5, 0.6) is 5.75 Å². The van der Waals surface area contributed by atoms with E-state index in [0.717, 1.165) is 0 Å². The molecule has 0 amide bonds. The van der Waals surface area contributed by atoms with Crippen molar-refractivity contribution in [3.8, 4) is 5.75 Å². The Labute approximate surface area is 118 Å². The number of ether oxygens (including phenoxy) is 1. The Morgan fingerprint density at radius 2 is 2.10 bits per heavy atom. The van der Waals surface area contributed by atoms with Crippen molar-refractivity contribution in [3.05, 3.63) is 23.8 Å². The van der Waals surface area contributed by atoms with E-state index in [1.807, 2.05) is 0 Å². The van der Waals surface area contributed by atoms with Gasteiger partial charge in [-0.15, -0.1) is 0 Å². The molecule has 0 aliphatic heterocycles. The number of benzene rings is 1. The van der Waals surface area contributed by atoms with E-state index in [1.54, 1.807) is 19.9 Å². The van der Waals surface area contributed by atoms with Crippen molar-refractivity contribution in [2.24, 2.45) is 5.92 Å². The number of hydrogen-bond acceptors (Lipinski definition) is 4. The number of hydrogen-bond donors (Lipinski definition) is 2. The van der Waals surface area contributed by atoms with Crippen LogP contribution in [0.2, 0.25) is 0 Å². The van der Waals surface area contributed by atoms with Crippen molar-refractivity contribution in [1.29, 1.82) is 0 Å². The standard InChI is InChI=1S/C13H19NO5S/c1-9(6-13(15)16)8-14-20(17,18)11-4-5-12(19-3)10(2)7-11/h4-5,7,9,14H,6,8H2,1-3H3,(H,15,16). The van der Waals surface area contributed by atoms with Crippen molar-refractivity contribution in [1.82, 2.24) is 4.72 Å². The Hall–Kier alpha value is -1.60. The van der Waals surface area contributed by atoms with Gasteiger partial charge in [0.15, 0.2) is 0 Å². The average Bonchev–Trinajstić information content (AvgIpc) is 2.35. The molecule has 0 bridgehead atoms. The van der Waals surface area contributed by atoms with E-state index in [-0.39, 0.29) is 23.8 Å². The number of aryl methyl sites for hydroxylation is 1. The zero-order valence-corrected chi connectivity index (χ0v) is 12.5. The SMILES string of the molecule is COc1ccc(S(=O)(=O)NCC(C)CC(=O)O)cc1C. The van der Waals surface area contributed by atoms with Crippen LogP contribution in [0.25, 0.3) is 0 Å². The van der Waals surface area contributed by atoms with Crippen LogP contribution in [0, 0.1) is 12.8 Å². The van der Waals surface area contributed by atoms with Crippen LogP contribution in [0.4, 0.5) is 0 Å². The first-order valence-electron chi connectivity index (χ1n) is 6.12. The number of carboxylic acids is 1. The van der Waals surface area contributed by atoms with Crippen LogP contribution in [0.15, 0.2) is 23.1 Å². The van der Waals surface area contributed by atoms with Crippen LogP contribution in [-0.4, -0.2) is 33.1 Å². The van der Waals surface area contributed by atoms with E-state index in [9.17, 15) is 13.2 Å². The lowest BCUT2D eigenvalue weighted by Crippen LogP contribution is -2.29. The summed E-state index contributed by atoms with van der Waals surface area (Å²) in [5.41, 5.74) is 0.717. The van der Waals surface area contributed by atoms with Crippen LogP contribution >= 0.6 is 0 Å². The molecule has 1 aromatic rings. The molecule has 0 radical (unpaired) electrons. The minimum absolute atomic E-state index is 0.0792. The number of sulfonamides is 1. The molecular formula is C13H19NO5S. The third-order valence-corrected chi connectivity index (χ3v) is 4.24. The van der Waals surface area contributed by atoms with Gasteiger partial charge in [0.1, 0.15) is 5.75 Å². The summed E-state index contributed by atoms with van der Waals surface area (Å²) in [4.78, 5) is 10.7. The first-order valence-corrected chi connectivity index (χ1v) is 7.60. The van der Waals surface area contributed by atoms with Crippen molar-refractivity contribution in [2.45, 2.75) is 25.2 Å². The summed E-state index contributed by atoms with van der Waals surface area (Å²) in [7, 11) is -2.12.